The standard InChI is InChI=1S/C14H20F2N2O3/c1-20-12(7-17)6-14(19)18-8-10-3-2-4-11(5-10)21-9-13(15)16/h2-5,12-13H,6-9,17H2,1H3,(H,18,19). The molecule has 21 heavy (non-hydrogen) atoms. The minimum atomic E-state index is -2.52. The van der Waals surface area contributed by atoms with Crippen molar-refractivity contribution >= 4 is 5.91 Å². The van der Waals surface area contributed by atoms with Crippen LogP contribution in [0.2, 0.25) is 0 Å². The third-order valence-electron chi connectivity index (χ3n) is 2.77. The van der Waals surface area contributed by atoms with Crippen molar-refractivity contribution < 1.29 is 23.0 Å². The lowest BCUT2D eigenvalue weighted by Crippen LogP contribution is -2.31. The number of methoxy groups -OCH3 is 1. The quantitative estimate of drug-likeness (QED) is 0.721. The molecule has 5 nitrogen and oxygen atoms in total. The van der Waals surface area contributed by atoms with E-state index in [4.69, 9.17) is 15.2 Å². The van der Waals surface area contributed by atoms with Crippen LogP contribution >= 0.6 is 0 Å². The number of alkyl halides is 2. The normalized spacial score (nSPS) is 12.2. The molecule has 1 atom stereocenters. The molecule has 1 aromatic rings. The Morgan fingerprint density at radius 1 is 1.43 bits per heavy atom. The lowest BCUT2D eigenvalue weighted by atomic mass is 10.2. The van der Waals surface area contributed by atoms with Crippen molar-refractivity contribution in [2.75, 3.05) is 20.3 Å². The van der Waals surface area contributed by atoms with Gasteiger partial charge in [0.15, 0.2) is 0 Å². The second kappa shape index (κ2) is 9.25. The van der Waals surface area contributed by atoms with Crippen molar-refractivity contribution in [3.63, 3.8) is 0 Å². The Hall–Kier alpha value is -1.73. The molecule has 118 valence electrons. The predicted molar refractivity (Wildman–Crippen MR) is 74.3 cm³/mol. The number of carbonyl (C=O) groups is 1. The van der Waals surface area contributed by atoms with Crippen LogP contribution in [0.25, 0.3) is 0 Å². The van der Waals surface area contributed by atoms with E-state index >= 15 is 0 Å². The molecule has 0 aliphatic heterocycles. The molecule has 1 unspecified atom stereocenters. The molecular weight excluding hydrogens is 282 g/mol. The van der Waals surface area contributed by atoms with Crippen molar-refractivity contribution in [1.82, 2.24) is 5.32 Å². The number of nitrogens with one attached hydrogen (secondary N) is 1. The lowest BCUT2D eigenvalue weighted by Gasteiger charge is -2.13. The van der Waals surface area contributed by atoms with Crippen LogP contribution in [0.1, 0.15) is 12.0 Å². The van der Waals surface area contributed by atoms with Gasteiger partial charge in [-0.15, -0.1) is 0 Å². The maximum absolute atomic E-state index is 12.1. The Bertz CT molecular complexity index is 440. The third-order valence-corrected chi connectivity index (χ3v) is 2.77. The predicted octanol–water partition coefficient (Wildman–Crippen LogP) is 1.31. The second-order valence-electron chi connectivity index (χ2n) is 4.42. The van der Waals surface area contributed by atoms with Gasteiger partial charge in [0, 0.05) is 20.2 Å². The van der Waals surface area contributed by atoms with E-state index in [-0.39, 0.29) is 31.5 Å². The van der Waals surface area contributed by atoms with Crippen molar-refractivity contribution in [2.24, 2.45) is 5.73 Å². The van der Waals surface area contributed by atoms with E-state index < -0.39 is 13.0 Å². The van der Waals surface area contributed by atoms with E-state index in [1.54, 1.807) is 24.3 Å². The van der Waals surface area contributed by atoms with Crippen LogP contribution in [0.15, 0.2) is 24.3 Å². The van der Waals surface area contributed by atoms with Crippen molar-refractivity contribution in [3.8, 4) is 5.75 Å². The van der Waals surface area contributed by atoms with Crippen LogP contribution in [0.5, 0.6) is 5.75 Å². The average Bonchev–Trinajstić information content (AvgIpc) is 2.49. The molecule has 0 fully saturated rings. The SMILES string of the molecule is COC(CN)CC(=O)NCc1cccc(OCC(F)F)c1. The van der Waals surface area contributed by atoms with Crippen LogP contribution in [0.3, 0.4) is 0 Å². The Balaban J connectivity index is 2.44. The number of halogens is 2. The van der Waals surface area contributed by atoms with Crippen molar-refractivity contribution in [1.29, 1.82) is 0 Å². The number of carbonyl (C=O) groups excluding carboxylic acids is 1. The summed E-state index contributed by atoms with van der Waals surface area (Å²) in [6.45, 7) is -0.103. The van der Waals surface area contributed by atoms with E-state index in [0.717, 1.165) is 5.56 Å². The minimum absolute atomic E-state index is 0.175. The molecule has 1 amide bonds. The molecule has 0 radical (unpaired) electrons. The molecule has 0 spiro atoms. The summed E-state index contributed by atoms with van der Waals surface area (Å²) in [5.74, 6) is 0.157. The van der Waals surface area contributed by atoms with Crippen LogP contribution < -0.4 is 15.8 Å². The van der Waals surface area contributed by atoms with Gasteiger partial charge in [-0.25, -0.2) is 8.78 Å². The summed E-state index contributed by atoms with van der Waals surface area (Å²) in [6, 6.07) is 6.65. The van der Waals surface area contributed by atoms with Gasteiger partial charge in [-0.3, -0.25) is 4.79 Å². The van der Waals surface area contributed by atoms with Crippen LogP contribution in [0.4, 0.5) is 8.78 Å². The summed E-state index contributed by atoms with van der Waals surface area (Å²) in [6.07, 6.45) is -2.66. The van der Waals surface area contributed by atoms with Gasteiger partial charge in [-0.1, -0.05) is 12.1 Å². The summed E-state index contributed by atoms with van der Waals surface area (Å²) < 4.78 is 34.1. The highest BCUT2D eigenvalue weighted by atomic mass is 19.3. The molecule has 0 aliphatic carbocycles. The first-order chi connectivity index (χ1) is 10.0. The van der Waals surface area contributed by atoms with Gasteiger partial charge in [0.2, 0.25) is 5.91 Å². The molecule has 0 bridgehead atoms. The topological polar surface area (TPSA) is 73.6 Å². The highest BCUT2D eigenvalue weighted by molar-refractivity contribution is 5.76. The first-order valence-corrected chi connectivity index (χ1v) is 6.54. The summed E-state index contributed by atoms with van der Waals surface area (Å²) in [5.41, 5.74) is 6.19. The molecular formula is C14H20F2N2O3. The van der Waals surface area contributed by atoms with E-state index in [1.165, 1.54) is 7.11 Å². The van der Waals surface area contributed by atoms with Crippen LogP contribution in [-0.4, -0.2) is 38.7 Å². The maximum atomic E-state index is 12.1. The van der Waals surface area contributed by atoms with E-state index in [1.807, 2.05) is 0 Å². The Kier molecular flexibility index (Phi) is 7.63. The van der Waals surface area contributed by atoms with Crippen LogP contribution in [0, 0.1) is 0 Å². The third kappa shape index (κ3) is 7.01. The number of benzene rings is 1. The molecule has 1 rings (SSSR count). The fourth-order valence-electron chi connectivity index (χ4n) is 1.65. The summed E-state index contributed by atoms with van der Waals surface area (Å²) >= 11 is 0. The average molecular weight is 302 g/mol. The summed E-state index contributed by atoms with van der Waals surface area (Å²) in [5, 5.41) is 2.71. The van der Waals surface area contributed by atoms with Crippen molar-refractivity contribution in [3.05, 3.63) is 29.8 Å². The van der Waals surface area contributed by atoms with Crippen molar-refractivity contribution in [2.45, 2.75) is 25.5 Å². The molecule has 0 saturated carbocycles. The second-order valence-corrected chi connectivity index (χ2v) is 4.42. The number of amides is 1. The zero-order valence-corrected chi connectivity index (χ0v) is 11.9. The van der Waals surface area contributed by atoms with E-state index in [9.17, 15) is 13.6 Å². The highest BCUT2D eigenvalue weighted by Crippen LogP contribution is 2.14. The minimum Gasteiger partial charge on any atom is -0.488 e. The lowest BCUT2D eigenvalue weighted by molar-refractivity contribution is -0.123. The Morgan fingerprint density at radius 3 is 2.81 bits per heavy atom. The van der Waals surface area contributed by atoms with Gasteiger partial charge in [0.05, 0.1) is 12.5 Å². The Labute approximate surface area is 122 Å². The monoisotopic (exact) mass is 302 g/mol. The van der Waals surface area contributed by atoms with Gasteiger partial charge >= 0.3 is 0 Å². The fourth-order valence-corrected chi connectivity index (χ4v) is 1.65. The highest BCUT2D eigenvalue weighted by Gasteiger charge is 2.11. The van der Waals surface area contributed by atoms with Gasteiger partial charge in [0.1, 0.15) is 12.4 Å². The zero-order chi connectivity index (χ0) is 15.7. The van der Waals surface area contributed by atoms with Gasteiger partial charge < -0.3 is 20.5 Å². The van der Waals surface area contributed by atoms with E-state index in [2.05, 4.69) is 5.32 Å². The maximum Gasteiger partial charge on any atom is 0.272 e. The number of ether oxygens (including phenoxy) is 2. The summed E-state index contributed by atoms with van der Waals surface area (Å²) in [4.78, 5) is 11.7. The smallest absolute Gasteiger partial charge is 0.272 e. The zero-order valence-electron chi connectivity index (χ0n) is 11.9. The number of hydrogen-bond acceptors (Lipinski definition) is 4. The van der Waals surface area contributed by atoms with Crippen LogP contribution in [-0.2, 0) is 16.1 Å². The fraction of sp³-hybridized carbons (Fsp3) is 0.500. The molecule has 0 heterocycles. The largest absolute Gasteiger partial charge is 0.488 e. The molecule has 7 heteroatoms. The molecule has 3 N–H and O–H groups in total. The van der Waals surface area contributed by atoms with Gasteiger partial charge in [-0.05, 0) is 17.7 Å². The molecule has 0 aliphatic rings. The summed E-state index contributed by atoms with van der Waals surface area (Å²) in [7, 11) is 1.49. The van der Waals surface area contributed by atoms with E-state index in [0.29, 0.717) is 5.75 Å². The van der Waals surface area contributed by atoms with Gasteiger partial charge in [0.25, 0.3) is 6.43 Å². The molecule has 0 aromatic heterocycles. The number of nitrogens with two attached hydrogens (primary N) is 1. The number of hydrogen-bond donors (Lipinski definition) is 2. The number of rotatable bonds is 9. The molecule has 1 aromatic carbocycles. The first kappa shape index (κ1) is 17.3. The van der Waals surface area contributed by atoms with Gasteiger partial charge in [-0.2, -0.15) is 0 Å². The molecule has 0 saturated heterocycles. The first-order valence-electron chi connectivity index (χ1n) is 6.54. The Morgan fingerprint density at radius 2 is 2.19 bits per heavy atom.